The van der Waals surface area contributed by atoms with E-state index in [0.717, 1.165) is 11.4 Å². The van der Waals surface area contributed by atoms with Gasteiger partial charge in [-0.05, 0) is 19.4 Å². The molecule has 1 aromatic heterocycles. The van der Waals surface area contributed by atoms with E-state index in [-0.39, 0.29) is 5.97 Å². The fourth-order valence-electron chi connectivity index (χ4n) is 1.94. The molecule has 3 nitrogen and oxygen atoms in total. The summed E-state index contributed by atoms with van der Waals surface area (Å²) in [5.74, 6) is -0.377. The molecule has 0 saturated carbocycles. The van der Waals surface area contributed by atoms with Crippen LogP contribution in [0.3, 0.4) is 0 Å². The number of methoxy groups -OCH3 is 1. The van der Waals surface area contributed by atoms with Gasteiger partial charge in [-0.1, -0.05) is 29.3 Å². The van der Waals surface area contributed by atoms with Crippen LogP contribution in [-0.2, 0) is 11.2 Å². The van der Waals surface area contributed by atoms with Crippen molar-refractivity contribution < 1.29 is 9.53 Å². The van der Waals surface area contributed by atoms with E-state index in [0.29, 0.717) is 5.69 Å². The average Bonchev–Trinajstić information content (AvgIpc) is 2.75. The molecule has 0 aliphatic rings. The molecule has 4 heteroatoms. The third-order valence-corrected chi connectivity index (χ3v) is 3.43. The zero-order chi connectivity index (χ0) is 13.1. The summed E-state index contributed by atoms with van der Waals surface area (Å²) in [6.07, 6.45) is 0.754. The Morgan fingerprint density at radius 1 is 1.28 bits per heavy atom. The first-order chi connectivity index (χ1) is 8.58. The summed E-state index contributed by atoms with van der Waals surface area (Å²) >= 11 is 1.49. The summed E-state index contributed by atoms with van der Waals surface area (Å²) in [7, 11) is 1.37. The highest BCUT2D eigenvalue weighted by atomic mass is 32.1. The van der Waals surface area contributed by atoms with Crippen molar-refractivity contribution in [2.24, 2.45) is 0 Å². The molecule has 18 heavy (non-hydrogen) atoms. The van der Waals surface area contributed by atoms with Gasteiger partial charge >= 0.3 is 5.97 Å². The van der Waals surface area contributed by atoms with Crippen LogP contribution in [0.5, 0.6) is 0 Å². The van der Waals surface area contributed by atoms with Crippen LogP contribution in [-0.4, -0.2) is 18.1 Å². The fourth-order valence-corrected chi connectivity index (χ4v) is 2.73. The molecule has 0 aliphatic carbocycles. The first kappa shape index (κ1) is 12.8. The SMILES string of the molecule is COC(=O)c1csc(Cc2cc(C)cc(C)c2)n1. The molecule has 0 fully saturated rings. The maximum atomic E-state index is 11.3. The van der Waals surface area contributed by atoms with Gasteiger partial charge in [0.15, 0.2) is 5.69 Å². The minimum Gasteiger partial charge on any atom is -0.464 e. The molecular weight excluding hydrogens is 246 g/mol. The molecule has 0 atom stereocenters. The van der Waals surface area contributed by atoms with Gasteiger partial charge in [0, 0.05) is 11.8 Å². The van der Waals surface area contributed by atoms with E-state index < -0.39 is 0 Å². The Labute approximate surface area is 110 Å². The molecule has 2 rings (SSSR count). The summed E-state index contributed by atoms with van der Waals surface area (Å²) in [5.41, 5.74) is 4.10. The van der Waals surface area contributed by atoms with Gasteiger partial charge in [-0.25, -0.2) is 9.78 Å². The van der Waals surface area contributed by atoms with Crippen LogP contribution in [0.2, 0.25) is 0 Å². The smallest absolute Gasteiger partial charge is 0.357 e. The summed E-state index contributed by atoms with van der Waals surface area (Å²) in [6.45, 7) is 4.16. The fraction of sp³-hybridized carbons (Fsp3) is 0.286. The van der Waals surface area contributed by atoms with Crippen molar-refractivity contribution in [2.45, 2.75) is 20.3 Å². The van der Waals surface area contributed by atoms with Crippen LogP contribution in [0, 0.1) is 13.8 Å². The quantitative estimate of drug-likeness (QED) is 0.797. The lowest BCUT2D eigenvalue weighted by Crippen LogP contribution is -2.01. The first-order valence-corrected chi connectivity index (χ1v) is 6.56. The monoisotopic (exact) mass is 261 g/mol. The number of hydrogen-bond donors (Lipinski definition) is 0. The largest absolute Gasteiger partial charge is 0.464 e. The van der Waals surface area contributed by atoms with E-state index in [1.807, 2.05) is 0 Å². The topological polar surface area (TPSA) is 39.2 Å². The number of benzene rings is 1. The van der Waals surface area contributed by atoms with Crippen molar-refractivity contribution in [1.82, 2.24) is 4.98 Å². The lowest BCUT2D eigenvalue weighted by molar-refractivity contribution is 0.0594. The number of aryl methyl sites for hydroxylation is 2. The van der Waals surface area contributed by atoms with Gasteiger partial charge in [0.25, 0.3) is 0 Å². The number of hydrogen-bond acceptors (Lipinski definition) is 4. The molecule has 2 aromatic rings. The number of carbonyl (C=O) groups excluding carboxylic acids is 1. The van der Waals surface area contributed by atoms with E-state index in [9.17, 15) is 4.79 Å². The van der Waals surface area contributed by atoms with Crippen LogP contribution in [0.15, 0.2) is 23.6 Å². The van der Waals surface area contributed by atoms with E-state index in [1.165, 1.54) is 35.1 Å². The van der Waals surface area contributed by atoms with E-state index in [1.54, 1.807) is 5.38 Å². The molecule has 1 aromatic carbocycles. The van der Waals surface area contributed by atoms with Crippen molar-refractivity contribution in [1.29, 1.82) is 0 Å². The molecule has 0 amide bonds. The average molecular weight is 261 g/mol. The Morgan fingerprint density at radius 3 is 2.56 bits per heavy atom. The lowest BCUT2D eigenvalue weighted by atomic mass is 10.1. The molecule has 0 radical (unpaired) electrons. The van der Waals surface area contributed by atoms with Gasteiger partial charge in [0.05, 0.1) is 12.1 Å². The number of aromatic nitrogens is 1. The molecule has 0 bridgehead atoms. The Kier molecular flexibility index (Phi) is 3.77. The molecule has 1 heterocycles. The number of rotatable bonds is 3. The van der Waals surface area contributed by atoms with E-state index >= 15 is 0 Å². The lowest BCUT2D eigenvalue weighted by Gasteiger charge is -2.02. The highest BCUT2D eigenvalue weighted by Gasteiger charge is 2.11. The van der Waals surface area contributed by atoms with E-state index in [2.05, 4.69) is 41.8 Å². The predicted molar refractivity (Wildman–Crippen MR) is 72.2 cm³/mol. The summed E-state index contributed by atoms with van der Waals surface area (Å²) in [6, 6.07) is 6.43. The Hall–Kier alpha value is -1.68. The molecule has 0 aliphatic heterocycles. The second-order valence-corrected chi connectivity index (χ2v) is 5.23. The zero-order valence-corrected chi connectivity index (χ0v) is 11.5. The molecule has 0 saturated heterocycles. The molecule has 0 N–H and O–H groups in total. The Morgan fingerprint density at radius 2 is 1.94 bits per heavy atom. The van der Waals surface area contributed by atoms with Crippen LogP contribution in [0.25, 0.3) is 0 Å². The van der Waals surface area contributed by atoms with Gasteiger partial charge in [-0.3, -0.25) is 0 Å². The predicted octanol–water partition coefficient (Wildman–Crippen LogP) is 3.14. The van der Waals surface area contributed by atoms with Gasteiger partial charge in [-0.15, -0.1) is 11.3 Å². The Balaban J connectivity index is 2.18. The number of carbonyl (C=O) groups is 1. The molecule has 94 valence electrons. The van der Waals surface area contributed by atoms with Crippen molar-refractivity contribution >= 4 is 17.3 Å². The highest BCUT2D eigenvalue weighted by molar-refractivity contribution is 7.09. The second-order valence-electron chi connectivity index (χ2n) is 4.29. The third kappa shape index (κ3) is 2.96. The maximum absolute atomic E-state index is 11.3. The van der Waals surface area contributed by atoms with Crippen molar-refractivity contribution in [3.63, 3.8) is 0 Å². The van der Waals surface area contributed by atoms with E-state index in [4.69, 9.17) is 0 Å². The van der Waals surface area contributed by atoms with Gasteiger partial charge < -0.3 is 4.74 Å². The summed E-state index contributed by atoms with van der Waals surface area (Å²) in [5, 5.41) is 2.67. The normalized spacial score (nSPS) is 10.4. The number of esters is 1. The standard InChI is InChI=1S/C14H15NO2S/c1-9-4-10(2)6-11(5-9)7-13-15-12(8-18-13)14(16)17-3/h4-6,8H,7H2,1-3H3. The van der Waals surface area contributed by atoms with Gasteiger partial charge in [0.1, 0.15) is 0 Å². The number of nitrogens with zero attached hydrogens (tertiary/aromatic N) is 1. The number of thiazole rings is 1. The van der Waals surface area contributed by atoms with Gasteiger partial charge in [0.2, 0.25) is 0 Å². The van der Waals surface area contributed by atoms with Gasteiger partial charge in [-0.2, -0.15) is 0 Å². The van der Waals surface area contributed by atoms with Crippen LogP contribution in [0.1, 0.15) is 32.2 Å². The minimum atomic E-state index is -0.377. The third-order valence-electron chi connectivity index (χ3n) is 2.58. The van der Waals surface area contributed by atoms with Crippen molar-refractivity contribution in [2.75, 3.05) is 7.11 Å². The molecule has 0 unspecified atom stereocenters. The summed E-state index contributed by atoms with van der Waals surface area (Å²) in [4.78, 5) is 15.6. The highest BCUT2D eigenvalue weighted by Crippen LogP contribution is 2.17. The summed E-state index contributed by atoms with van der Waals surface area (Å²) < 4.78 is 4.64. The minimum absolute atomic E-state index is 0.377. The zero-order valence-electron chi connectivity index (χ0n) is 10.7. The van der Waals surface area contributed by atoms with Crippen molar-refractivity contribution in [3.8, 4) is 0 Å². The molecular formula is C14H15NO2S. The first-order valence-electron chi connectivity index (χ1n) is 5.68. The van der Waals surface area contributed by atoms with Crippen LogP contribution in [0.4, 0.5) is 0 Å². The van der Waals surface area contributed by atoms with Crippen LogP contribution < -0.4 is 0 Å². The Bertz CT molecular complexity index is 555. The van der Waals surface area contributed by atoms with Crippen molar-refractivity contribution in [3.05, 3.63) is 51.0 Å². The second kappa shape index (κ2) is 5.31. The molecule has 0 spiro atoms. The van der Waals surface area contributed by atoms with Crippen LogP contribution >= 0.6 is 11.3 Å². The number of ether oxygens (including phenoxy) is 1. The maximum Gasteiger partial charge on any atom is 0.357 e.